The Labute approximate surface area is 151 Å². The number of hydrogen-bond donors (Lipinski definition) is 1. The predicted molar refractivity (Wildman–Crippen MR) is 96.3 cm³/mol. The molecule has 0 saturated carbocycles. The van der Waals surface area contributed by atoms with Gasteiger partial charge in [-0.15, -0.1) is 0 Å². The van der Waals surface area contributed by atoms with Crippen LogP contribution in [0.25, 0.3) is 0 Å². The van der Waals surface area contributed by atoms with Gasteiger partial charge in [0.1, 0.15) is 18.2 Å². The molecule has 2 aromatic carbocycles. The average molecular weight is 382 g/mol. The van der Waals surface area contributed by atoms with Crippen LogP contribution in [0.15, 0.2) is 42.5 Å². The average Bonchev–Trinajstić information content (AvgIpc) is 2.53. The van der Waals surface area contributed by atoms with Gasteiger partial charge >= 0.3 is 0 Å². The Morgan fingerprint density at radius 2 is 1.77 bits per heavy atom. The first kappa shape index (κ1) is 19.8. The van der Waals surface area contributed by atoms with Crippen LogP contribution in [0, 0.1) is 18.6 Å². The number of halogens is 2. The monoisotopic (exact) mass is 382 g/mol. The molecule has 0 heterocycles. The molecule has 140 valence electrons. The second kappa shape index (κ2) is 7.82. The topological polar surface area (TPSA) is 66.5 Å². The van der Waals surface area contributed by atoms with Gasteiger partial charge in [0, 0.05) is 6.07 Å². The lowest BCUT2D eigenvalue weighted by atomic mass is 10.1. The van der Waals surface area contributed by atoms with Gasteiger partial charge in [-0.05, 0) is 31.5 Å². The number of hydrogen-bond acceptors (Lipinski definition) is 3. The number of aryl methyl sites for hydroxylation is 1. The third kappa shape index (κ3) is 5.01. The molecule has 2 aromatic rings. The summed E-state index contributed by atoms with van der Waals surface area (Å²) in [7, 11) is -3.94. The maximum absolute atomic E-state index is 14.0. The molecule has 0 spiro atoms. The van der Waals surface area contributed by atoms with Crippen molar-refractivity contribution in [1.29, 1.82) is 0 Å². The third-order valence-corrected chi connectivity index (χ3v) is 4.95. The minimum absolute atomic E-state index is 0.359. The number of nitrogens with one attached hydrogen (secondary N) is 1. The van der Waals surface area contributed by atoms with Gasteiger partial charge in [0.05, 0.1) is 18.0 Å². The third-order valence-electron chi connectivity index (χ3n) is 3.82. The van der Waals surface area contributed by atoms with E-state index in [9.17, 15) is 22.0 Å². The lowest BCUT2D eigenvalue weighted by Gasteiger charge is -2.23. The maximum Gasteiger partial charge on any atom is 0.241 e. The second-order valence-electron chi connectivity index (χ2n) is 6.07. The van der Waals surface area contributed by atoms with Crippen LogP contribution in [0.1, 0.15) is 24.1 Å². The second-order valence-corrected chi connectivity index (χ2v) is 7.97. The van der Waals surface area contributed by atoms with Gasteiger partial charge in [-0.2, -0.15) is 0 Å². The molecule has 26 heavy (non-hydrogen) atoms. The molecule has 5 nitrogen and oxygen atoms in total. The highest BCUT2D eigenvalue weighted by Gasteiger charge is 2.24. The number of sulfonamides is 1. The SMILES string of the molecule is Cc1ccc(C(C)NC(=O)CN(c2ccc(F)cc2F)S(C)(=O)=O)cc1. The van der Waals surface area contributed by atoms with Crippen molar-refractivity contribution in [1.82, 2.24) is 5.32 Å². The van der Waals surface area contributed by atoms with Gasteiger partial charge in [-0.3, -0.25) is 9.10 Å². The van der Waals surface area contributed by atoms with E-state index in [4.69, 9.17) is 0 Å². The van der Waals surface area contributed by atoms with Gasteiger partial charge in [0.25, 0.3) is 0 Å². The Morgan fingerprint density at radius 1 is 1.15 bits per heavy atom. The molecule has 0 aromatic heterocycles. The van der Waals surface area contributed by atoms with Crippen molar-refractivity contribution < 1.29 is 22.0 Å². The Bertz CT molecular complexity index is 899. The van der Waals surface area contributed by atoms with Crippen molar-refractivity contribution in [2.75, 3.05) is 17.1 Å². The lowest BCUT2D eigenvalue weighted by molar-refractivity contribution is -0.120. The molecule has 0 fully saturated rings. The molecule has 1 amide bonds. The van der Waals surface area contributed by atoms with E-state index in [0.29, 0.717) is 10.4 Å². The van der Waals surface area contributed by atoms with Crippen LogP contribution in [0.2, 0.25) is 0 Å². The number of nitrogens with zero attached hydrogens (tertiary/aromatic N) is 1. The zero-order valence-corrected chi connectivity index (χ0v) is 15.5. The van der Waals surface area contributed by atoms with E-state index < -0.39 is 34.1 Å². The summed E-state index contributed by atoms with van der Waals surface area (Å²) >= 11 is 0. The number of amides is 1. The summed E-state index contributed by atoms with van der Waals surface area (Å²) in [4.78, 5) is 12.3. The number of carbonyl (C=O) groups excluding carboxylic acids is 1. The fourth-order valence-electron chi connectivity index (χ4n) is 2.42. The summed E-state index contributed by atoms with van der Waals surface area (Å²) in [5.41, 5.74) is 1.54. The molecule has 1 atom stereocenters. The Kier molecular flexibility index (Phi) is 5.97. The highest BCUT2D eigenvalue weighted by atomic mass is 32.2. The smallest absolute Gasteiger partial charge is 0.241 e. The van der Waals surface area contributed by atoms with E-state index in [0.717, 1.165) is 29.5 Å². The molecular weight excluding hydrogens is 362 g/mol. The molecule has 0 radical (unpaired) electrons. The minimum Gasteiger partial charge on any atom is -0.348 e. The molecule has 1 N–H and O–H groups in total. The van der Waals surface area contributed by atoms with Crippen LogP contribution in [-0.4, -0.2) is 27.1 Å². The zero-order chi connectivity index (χ0) is 19.5. The molecule has 0 aliphatic rings. The summed E-state index contributed by atoms with van der Waals surface area (Å²) in [5.74, 6) is -2.50. The number of anilines is 1. The van der Waals surface area contributed by atoms with Crippen LogP contribution in [0.4, 0.5) is 14.5 Å². The van der Waals surface area contributed by atoms with E-state index >= 15 is 0 Å². The minimum atomic E-state index is -3.94. The van der Waals surface area contributed by atoms with Crippen LogP contribution in [-0.2, 0) is 14.8 Å². The van der Waals surface area contributed by atoms with E-state index in [-0.39, 0.29) is 11.7 Å². The summed E-state index contributed by atoms with van der Waals surface area (Å²) in [5, 5.41) is 2.68. The standard InChI is InChI=1S/C18H20F2N2O3S/c1-12-4-6-14(7-5-12)13(2)21-18(23)11-22(26(3,24)25)17-9-8-15(19)10-16(17)20/h4-10,13H,11H2,1-3H3,(H,21,23). The first-order chi connectivity index (χ1) is 12.1. The van der Waals surface area contributed by atoms with Crippen LogP contribution in [0.3, 0.4) is 0 Å². The highest BCUT2D eigenvalue weighted by molar-refractivity contribution is 7.92. The number of benzene rings is 2. The maximum atomic E-state index is 14.0. The van der Waals surface area contributed by atoms with Crippen molar-refractivity contribution in [3.8, 4) is 0 Å². The van der Waals surface area contributed by atoms with Gasteiger partial charge < -0.3 is 5.32 Å². The van der Waals surface area contributed by atoms with E-state index in [1.165, 1.54) is 0 Å². The fraction of sp³-hybridized carbons (Fsp3) is 0.278. The first-order valence-corrected chi connectivity index (χ1v) is 9.71. The molecule has 8 heteroatoms. The Hall–Kier alpha value is -2.48. The van der Waals surface area contributed by atoms with Crippen molar-refractivity contribution in [3.63, 3.8) is 0 Å². The molecule has 0 saturated heterocycles. The van der Waals surface area contributed by atoms with Gasteiger partial charge in [-0.25, -0.2) is 17.2 Å². The first-order valence-electron chi connectivity index (χ1n) is 7.86. The molecule has 0 aliphatic carbocycles. The van der Waals surface area contributed by atoms with Crippen LogP contribution < -0.4 is 9.62 Å². The zero-order valence-electron chi connectivity index (χ0n) is 14.7. The highest BCUT2D eigenvalue weighted by Crippen LogP contribution is 2.22. The van der Waals surface area contributed by atoms with Gasteiger partial charge in [0.2, 0.25) is 15.9 Å². The number of carbonyl (C=O) groups is 1. The van der Waals surface area contributed by atoms with Crippen molar-refractivity contribution in [2.45, 2.75) is 19.9 Å². The normalized spacial score (nSPS) is 12.5. The quantitative estimate of drug-likeness (QED) is 0.835. The Balaban J connectivity index is 2.18. The van der Waals surface area contributed by atoms with Gasteiger partial charge in [0.15, 0.2) is 0 Å². The van der Waals surface area contributed by atoms with Crippen LogP contribution in [0.5, 0.6) is 0 Å². The molecular formula is C18H20F2N2O3S. The largest absolute Gasteiger partial charge is 0.348 e. The summed E-state index contributed by atoms with van der Waals surface area (Å²) < 4.78 is 51.6. The fourth-order valence-corrected chi connectivity index (χ4v) is 3.28. The van der Waals surface area contributed by atoms with Gasteiger partial charge in [-0.1, -0.05) is 29.8 Å². The molecule has 0 bridgehead atoms. The predicted octanol–water partition coefficient (Wildman–Crippen LogP) is 2.92. The molecule has 0 aliphatic heterocycles. The summed E-state index contributed by atoms with van der Waals surface area (Å²) in [6.45, 7) is 3.08. The summed E-state index contributed by atoms with van der Waals surface area (Å²) in [6, 6.07) is 9.64. The van der Waals surface area contributed by atoms with E-state index in [2.05, 4.69) is 5.32 Å². The summed E-state index contributed by atoms with van der Waals surface area (Å²) in [6.07, 6.45) is 0.854. The van der Waals surface area contributed by atoms with Crippen molar-refractivity contribution in [3.05, 3.63) is 65.2 Å². The molecule has 1 unspecified atom stereocenters. The van der Waals surface area contributed by atoms with E-state index in [1.54, 1.807) is 6.92 Å². The van der Waals surface area contributed by atoms with Crippen molar-refractivity contribution in [2.24, 2.45) is 0 Å². The van der Waals surface area contributed by atoms with Crippen LogP contribution >= 0.6 is 0 Å². The van der Waals surface area contributed by atoms with E-state index in [1.807, 2.05) is 31.2 Å². The number of rotatable bonds is 6. The Morgan fingerprint density at radius 3 is 2.31 bits per heavy atom. The molecule has 2 rings (SSSR count). The lowest BCUT2D eigenvalue weighted by Crippen LogP contribution is -2.41. The van der Waals surface area contributed by atoms with Crippen molar-refractivity contribution >= 4 is 21.6 Å².